The first-order valence-corrected chi connectivity index (χ1v) is 11.4. The summed E-state index contributed by atoms with van der Waals surface area (Å²) in [6.45, 7) is -0.309. The minimum atomic E-state index is -0.574. The molecule has 4 heterocycles. The van der Waals surface area contributed by atoms with Crippen LogP contribution in [0.5, 0.6) is 0 Å². The number of ether oxygens (including phenoxy) is 1. The van der Waals surface area contributed by atoms with E-state index in [1.807, 2.05) is 17.5 Å². The van der Waals surface area contributed by atoms with E-state index in [4.69, 9.17) is 9.15 Å². The van der Waals surface area contributed by atoms with Crippen molar-refractivity contribution in [1.29, 1.82) is 0 Å². The predicted octanol–water partition coefficient (Wildman–Crippen LogP) is 3.44. The second-order valence-corrected chi connectivity index (χ2v) is 8.40. The predicted molar refractivity (Wildman–Crippen MR) is 116 cm³/mol. The van der Waals surface area contributed by atoms with Crippen molar-refractivity contribution in [2.75, 3.05) is 13.2 Å². The zero-order valence-corrected chi connectivity index (χ0v) is 18.0. The van der Waals surface area contributed by atoms with Crippen molar-refractivity contribution in [1.82, 2.24) is 10.3 Å². The maximum Gasteiger partial charge on any atom is 0.308 e. The van der Waals surface area contributed by atoms with E-state index in [1.54, 1.807) is 46.6 Å². The number of nitrogens with zero attached hydrogens (tertiary/aromatic N) is 2. The number of amides is 2. The number of rotatable bonds is 8. The summed E-state index contributed by atoms with van der Waals surface area (Å²) in [5.74, 6) is -0.649. The molecule has 31 heavy (non-hydrogen) atoms. The summed E-state index contributed by atoms with van der Waals surface area (Å²) in [6.07, 6.45) is 2.03. The average Bonchev–Trinajstić information content (AvgIpc) is 3.58. The first-order valence-electron chi connectivity index (χ1n) is 9.54. The van der Waals surface area contributed by atoms with Crippen molar-refractivity contribution in [3.05, 3.63) is 68.9 Å². The third-order valence-electron chi connectivity index (χ3n) is 4.60. The summed E-state index contributed by atoms with van der Waals surface area (Å²) in [5.41, 5.74) is 1.33. The van der Waals surface area contributed by atoms with Gasteiger partial charge in [-0.2, -0.15) is 16.4 Å². The Bertz CT molecular complexity index is 1060. The van der Waals surface area contributed by atoms with Gasteiger partial charge in [0.2, 0.25) is 0 Å². The van der Waals surface area contributed by atoms with Crippen LogP contribution in [0.4, 0.5) is 0 Å². The number of hydrogen-bond acceptors (Lipinski definition) is 8. The first kappa shape index (κ1) is 21.0. The Morgan fingerprint density at radius 2 is 2.13 bits per heavy atom. The quantitative estimate of drug-likeness (QED) is 0.522. The van der Waals surface area contributed by atoms with Crippen LogP contribution >= 0.6 is 22.7 Å². The molecule has 0 saturated carbocycles. The van der Waals surface area contributed by atoms with Gasteiger partial charge in [0.1, 0.15) is 11.8 Å². The smallest absolute Gasteiger partial charge is 0.308 e. The van der Waals surface area contributed by atoms with Crippen LogP contribution in [0.2, 0.25) is 0 Å². The minimum absolute atomic E-state index is 0.0333. The van der Waals surface area contributed by atoms with Crippen LogP contribution < -0.4 is 5.32 Å². The Hall–Kier alpha value is -3.24. The SMILES string of the molecule is O=C(CCNC(=O)c1ccsc1)OCC(=O)N1N=C(c2cccs2)CC1c1ccco1. The largest absolute Gasteiger partial charge is 0.467 e. The van der Waals surface area contributed by atoms with E-state index in [1.165, 1.54) is 16.3 Å². The van der Waals surface area contributed by atoms with E-state index >= 15 is 0 Å². The lowest BCUT2D eigenvalue weighted by Crippen LogP contribution is -2.32. The van der Waals surface area contributed by atoms with Gasteiger partial charge in [-0.1, -0.05) is 6.07 Å². The van der Waals surface area contributed by atoms with Gasteiger partial charge in [-0.3, -0.25) is 14.4 Å². The fourth-order valence-electron chi connectivity index (χ4n) is 3.09. The van der Waals surface area contributed by atoms with Gasteiger partial charge >= 0.3 is 5.97 Å². The fraction of sp³-hybridized carbons (Fsp3) is 0.238. The number of thiophene rings is 2. The maximum absolute atomic E-state index is 12.7. The molecule has 1 unspecified atom stereocenters. The Morgan fingerprint density at radius 3 is 2.84 bits per heavy atom. The number of esters is 1. The summed E-state index contributed by atoms with van der Waals surface area (Å²) in [5, 5.41) is 13.9. The molecule has 0 bridgehead atoms. The van der Waals surface area contributed by atoms with Crippen molar-refractivity contribution in [3.63, 3.8) is 0 Å². The molecule has 0 radical (unpaired) electrons. The lowest BCUT2D eigenvalue weighted by Gasteiger charge is -2.19. The molecule has 1 atom stereocenters. The van der Waals surface area contributed by atoms with E-state index in [-0.39, 0.29) is 24.9 Å². The van der Waals surface area contributed by atoms with Crippen LogP contribution in [0.3, 0.4) is 0 Å². The normalized spacial score (nSPS) is 15.5. The highest BCUT2D eigenvalue weighted by atomic mass is 32.1. The number of carbonyl (C=O) groups excluding carboxylic acids is 3. The van der Waals surface area contributed by atoms with Crippen LogP contribution in [0.1, 0.15) is 39.9 Å². The van der Waals surface area contributed by atoms with E-state index in [2.05, 4.69) is 10.4 Å². The molecule has 1 N–H and O–H groups in total. The van der Waals surface area contributed by atoms with E-state index < -0.39 is 18.5 Å². The third-order valence-corrected chi connectivity index (χ3v) is 6.20. The van der Waals surface area contributed by atoms with Crippen molar-refractivity contribution in [2.24, 2.45) is 5.10 Å². The molecule has 160 valence electrons. The van der Waals surface area contributed by atoms with Gasteiger partial charge < -0.3 is 14.5 Å². The van der Waals surface area contributed by atoms with Gasteiger partial charge in [0.25, 0.3) is 11.8 Å². The summed E-state index contributed by atoms with van der Waals surface area (Å²) in [6, 6.07) is 8.73. The molecule has 8 nitrogen and oxygen atoms in total. The molecule has 1 aliphatic heterocycles. The Kier molecular flexibility index (Phi) is 6.58. The molecule has 0 aromatic carbocycles. The average molecular weight is 458 g/mol. The van der Waals surface area contributed by atoms with Crippen LogP contribution in [0.25, 0.3) is 0 Å². The van der Waals surface area contributed by atoms with Gasteiger partial charge in [-0.05, 0) is 35.0 Å². The highest BCUT2D eigenvalue weighted by Crippen LogP contribution is 2.34. The van der Waals surface area contributed by atoms with Crippen LogP contribution in [-0.4, -0.2) is 41.7 Å². The van der Waals surface area contributed by atoms with Crippen molar-refractivity contribution in [3.8, 4) is 0 Å². The molecule has 1 aliphatic rings. The zero-order chi connectivity index (χ0) is 21.6. The molecule has 0 aliphatic carbocycles. The monoisotopic (exact) mass is 457 g/mol. The third kappa shape index (κ3) is 5.09. The Balaban J connectivity index is 1.30. The molecular weight excluding hydrogens is 438 g/mol. The zero-order valence-electron chi connectivity index (χ0n) is 16.4. The van der Waals surface area contributed by atoms with Gasteiger partial charge in [-0.15, -0.1) is 11.3 Å². The highest BCUT2D eigenvalue weighted by Gasteiger charge is 2.35. The number of furan rings is 1. The molecule has 0 saturated heterocycles. The number of nitrogens with one attached hydrogen (secondary N) is 1. The van der Waals surface area contributed by atoms with E-state index in [0.29, 0.717) is 17.7 Å². The minimum Gasteiger partial charge on any atom is -0.467 e. The maximum atomic E-state index is 12.7. The molecule has 4 rings (SSSR count). The summed E-state index contributed by atoms with van der Waals surface area (Å²) < 4.78 is 10.6. The Morgan fingerprint density at radius 1 is 1.23 bits per heavy atom. The summed E-state index contributed by atoms with van der Waals surface area (Å²) >= 11 is 2.96. The lowest BCUT2D eigenvalue weighted by molar-refractivity contribution is -0.152. The Labute approximate surface area is 186 Å². The molecule has 2 amide bonds. The van der Waals surface area contributed by atoms with E-state index in [9.17, 15) is 14.4 Å². The van der Waals surface area contributed by atoms with Gasteiger partial charge in [0.15, 0.2) is 6.61 Å². The first-order chi connectivity index (χ1) is 15.1. The van der Waals surface area contributed by atoms with Crippen molar-refractivity contribution < 1.29 is 23.5 Å². The van der Waals surface area contributed by atoms with Gasteiger partial charge in [0, 0.05) is 23.9 Å². The second-order valence-electron chi connectivity index (χ2n) is 6.68. The summed E-state index contributed by atoms with van der Waals surface area (Å²) in [4.78, 5) is 37.6. The topological polar surface area (TPSA) is 101 Å². The van der Waals surface area contributed by atoms with Crippen molar-refractivity contribution >= 4 is 46.2 Å². The number of hydrogen-bond donors (Lipinski definition) is 1. The number of hydrazone groups is 1. The second kappa shape index (κ2) is 9.71. The van der Waals surface area contributed by atoms with Crippen molar-refractivity contribution in [2.45, 2.75) is 18.9 Å². The van der Waals surface area contributed by atoms with Crippen LogP contribution in [0, 0.1) is 0 Å². The van der Waals surface area contributed by atoms with Gasteiger partial charge in [-0.25, -0.2) is 5.01 Å². The van der Waals surface area contributed by atoms with Crippen LogP contribution in [0.15, 0.2) is 62.3 Å². The van der Waals surface area contributed by atoms with Crippen LogP contribution in [-0.2, 0) is 14.3 Å². The molecular formula is C21H19N3O5S2. The molecule has 10 heteroatoms. The fourth-order valence-corrected chi connectivity index (χ4v) is 4.45. The number of carbonyl (C=O) groups is 3. The van der Waals surface area contributed by atoms with E-state index in [0.717, 1.165) is 10.6 Å². The lowest BCUT2D eigenvalue weighted by atomic mass is 10.1. The van der Waals surface area contributed by atoms with Gasteiger partial charge in [0.05, 0.1) is 23.3 Å². The molecule has 0 spiro atoms. The highest BCUT2D eigenvalue weighted by molar-refractivity contribution is 7.12. The molecule has 3 aromatic heterocycles. The molecule has 0 fully saturated rings. The standard InChI is InChI=1S/C21H19N3O5S2/c25-19(12-29-20(26)5-7-22-21(27)14-6-10-30-13-14)24-16(17-3-1-8-28-17)11-15(23-24)18-4-2-9-31-18/h1-4,6,8-10,13,16H,5,7,11-12H2,(H,22,27). The summed E-state index contributed by atoms with van der Waals surface area (Å²) in [7, 11) is 0. The molecule has 3 aromatic rings.